The number of aromatic nitrogens is 1. The number of carbonyl (C=O) groups is 1. The number of rotatable bonds is 5. The zero-order chi connectivity index (χ0) is 15.2. The van der Waals surface area contributed by atoms with E-state index in [4.69, 9.17) is 14.6 Å². The van der Waals surface area contributed by atoms with E-state index >= 15 is 0 Å². The lowest BCUT2D eigenvalue weighted by Gasteiger charge is -2.11. The standard InChI is InChI=1S/C15H16N2O4/c1-16-15(19)12-8-11(5-6-17-12)21-13-4-3-10(9-18)7-14(13)20-2/h3-8,18H,9H2,1-2H3,(H,16,19). The van der Waals surface area contributed by atoms with E-state index in [9.17, 15) is 4.79 Å². The Morgan fingerprint density at radius 2 is 2.10 bits per heavy atom. The summed E-state index contributed by atoms with van der Waals surface area (Å²) in [4.78, 5) is 15.5. The molecule has 0 bridgehead atoms. The summed E-state index contributed by atoms with van der Waals surface area (Å²) in [5, 5.41) is 11.6. The largest absolute Gasteiger partial charge is 0.493 e. The summed E-state index contributed by atoms with van der Waals surface area (Å²) in [7, 11) is 3.06. The summed E-state index contributed by atoms with van der Waals surface area (Å²) in [5.74, 6) is 1.17. The topological polar surface area (TPSA) is 80.7 Å². The number of methoxy groups -OCH3 is 1. The molecule has 0 fully saturated rings. The van der Waals surface area contributed by atoms with Crippen LogP contribution in [0.4, 0.5) is 0 Å². The first-order valence-electron chi connectivity index (χ1n) is 6.31. The van der Waals surface area contributed by atoms with E-state index in [0.717, 1.165) is 5.56 Å². The van der Waals surface area contributed by atoms with E-state index in [1.807, 2.05) is 0 Å². The summed E-state index contributed by atoms with van der Waals surface area (Å²) >= 11 is 0. The minimum atomic E-state index is -0.289. The van der Waals surface area contributed by atoms with Crippen LogP contribution >= 0.6 is 0 Å². The molecule has 6 nitrogen and oxygen atoms in total. The normalized spacial score (nSPS) is 10.0. The third kappa shape index (κ3) is 3.49. The number of nitrogens with zero attached hydrogens (tertiary/aromatic N) is 1. The molecule has 0 spiro atoms. The molecule has 1 amide bonds. The summed E-state index contributed by atoms with van der Waals surface area (Å²) in [6, 6.07) is 8.31. The van der Waals surface area contributed by atoms with Gasteiger partial charge in [0.25, 0.3) is 5.91 Å². The Bertz CT molecular complexity index is 643. The number of amides is 1. The number of aliphatic hydroxyl groups excluding tert-OH is 1. The quantitative estimate of drug-likeness (QED) is 0.876. The molecule has 0 aliphatic carbocycles. The number of carbonyl (C=O) groups excluding carboxylic acids is 1. The van der Waals surface area contributed by atoms with Crippen molar-refractivity contribution in [2.24, 2.45) is 0 Å². The predicted molar refractivity (Wildman–Crippen MR) is 76.6 cm³/mol. The lowest BCUT2D eigenvalue weighted by Crippen LogP contribution is -2.18. The van der Waals surface area contributed by atoms with Crippen molar-refractivity contribution < 1.29 is 19.4 Å². The van der Waals surface area contributed by atoms with Crippen LogP contribution in [-0.4, -0.2) is 30.2 Å². The van der Waals surface area contributed by atoms with Crippen LogP contribution in [-0.2, 0) is 6.61 Å². The molecule has 0 radical (unpaired) electrons. The van der Waals surface area contributed by atoms with Gasteiger partial charge in [-0.1, -0.05) is 6.07 Å². The van der Waals surface area contributed by atoms with Gasteiger partial charge in [0.05, 0.1) is 13.7 Å². The molecule has 0 aliphatic rings. The highest BCUT2D eigenvalue weighted by Gasteiger charge is 2.10. The van der Waals surface area contributed by atoms with E-state index < -0.39 is 0 Å². The van der Waals surface area contributed by atoms with Gasteiger partial charge in [-0.3, -0.25) is 9.78 Å². The lowest BCUT2D eigenvalue weighted by molar-refractivity contribution is 0.0958. The van der Waals surface area contributed by atoms with Crippen molar-refractivity contribution in [1.82, 2.24) is 10.3 Å². The van der Waals surface area contributed by atoms with Gasteiger partial charge in [-0.25, -0.2) is 0 Å². The molecule has 0 saturated heterocycles. The van der Waals surface area contributed by atoms with Crippen LogP contribution in [0, 0.1) is 0 Å². The van der Waals surface area contributed by atoms with Crippen molar-refractivity contribution in [2.45, 2.75) is 6.61 Å². The van der Waals surface area contributed by atoms with Crippen molar-refractivity contribution in [1.29, 1.82) is 0 Å². The van der Waals surface area contributed by atoms with Crippen molar-refractivity contribution in [3.8, 4) is 17.2 Å². The SMILES string of the molecule is CNC(=O)c1cc(Oc2ccc(CO)cc2OC)ccn1. The van der Waals surface area contributed by atoms with Crippen molar-refractivity contribution in [3.05, 3.63) is 47.8 Å². The van der Waals surface area contributed by atoms with Gasteiger partial charge in [-0.2, -0.15) is 0 Å². The number of hydrogen-bond acceptors (Lipinski definition) is 5. The minimum Gasteiger partial charge on any atom is -0.493 e. The smallest absolute Gasteiger partial charge is 0.269 e. The highest BCUT2D eigenvalue weighted by Crippen LogP contribution is 2.32. The maximum Gasteiger partial charge on any atom is 0.269 e. The van der Waals surface area contributed by atoms with E-state index in [0.29, 0.717) is 17.2 Å². The van der Waals surface area contributed by atoms with Gasteiger partial charge >= 0.3 is 0 Å². The van der Waals surface area contributed by atoms with E-state index in [-0.39, 0.29) is 18.2 Å². The molecule has 1 heterocycles. The van der Waals surface area contributed by atoms with Crippen LogP contribution in [0.2, 0.25) is 0 Å². The number of nitrogens with one attached hydrogen (secondary N) is 1. The maximum atomic E-state index is 11.5. The highest BCUT2D eigenvalue weighted by atomic mass is 16.5. The zero-order valence-electron chi connectivity index (χ0n) is 11.8. The average Bonchev–Trinajstić information content (AvgIpc) is 2.54. The third-order valence-electron chi connectivity index (χ3n) is 2.83. The zero-order valence-corrected chi connectivity index (χ0v) is 11.8. The first-order valence-corrected chi connectivity index (χ1v) is 6.31. The first-order chi connectivity index (χ1) is 10.2. The fourth-order valence-electron chi connectivity index (χ4n) is 1.75. The Hall–Kier alpha value is -2.60. The molecular formula is C15H16N2O4. The Morgan fingerprint density at radius 1 is 1.29 bits per heavy atom. The average molecular weight is 288 g/mol. The van der Waals surface area contributed by atoms with Crippen LogP contribution in [0.1, 0.15) is 16.1 Å². The maximum absolute atomic E-state index is 11.5. The molecule has 0 atom stereocenters. The Labute approximate surface area is 122 Å². The fourth-order valence-corrected chi connectivity index (χ4v) is 1.75. The highest BCUT2D eigenvalue weighted by molar-refractivity contribution is 5.92. The first kappa shape index (κ1) is 14.8. The summed E-state index contributed by atoms with van der Waals surface area (Å²) in [6.45, 7) is -0.0767. The van der Waals surface area contributed by atoms with Crippen LogP contribution in [0.3, 0.4) is 0 Å². The van der Waals surface area contributed by atoms with Crippen molar-refractivity contribution in [2.75, 3.05) is 14.2 Å². The molecule has 0 aliphatic heterocycles. The van der Waals surface area contributed by atoms with Crippen LogP contribution < -0.4 is 14.8 Å². The molecule has 1 aromatic carbocycles. The van der Waals surface area contributed by atoms with Crippen LogP contribution in [0.25, 0.3) is 0 Å². The Kier molecular flexibility index (Phi) is 4.73. The monoisotopic (exact) mass is 288 g/mol. The second-order valence-electron chi connectivity index (χ2n) is 4.20. The molecule has 0 saturated carbocycles. The molecule has 6 heteroatoms. The van der Waals surface area contributed by atoms with Gasteiger partial charge in [0.15, 0.2) is 11.5 Å². The summed E-state index contributed by atoms with van der Waals surface area (Å²) in [6.07, 6.45) is 1.49. The molecule has 21 heavy (non-hydrogen) atoms. The third-order valence-corrected chi connectivity index (χ3v) is 2.83. The van der Waals surface area contributed by atoms with Gasteiger partial charge in [0.2, 0.25) is 0 Å². The van der Waals surface area contributed by atoms with Gasteiger partial charge in [0.1, 0.15) is 11.4 Å². The second-order valence-corrected chi connectivity index (χ2v) is 4.20. The van der Waals surface area contributed by atoms with Crippen LogP contribution in [0.5, 0.6) is 17.2 Å². The van der Waals surface area contributed by atoms with Crippen LogP contribution in [0.15, 0.2) is 36.5 Å². The van der Waals surface area contributed by atoms with E-state index in [1.165, 1.54) is 26.4 Å². The fraction of sp³-hybridized carbons (Fsp3) is 0.200. The van der Waals surface area contributed by atoms with Gasteiger partial charge < -0.3 is 19.9 Å². The number of ether oxygens (including phenoxy) is 2. The Morgan fingerprint density at radius 3 is 2.76 bits per heavy atom. The van der Waals surface area contributed by atoms with Gasteiger partial charge in [-0.05, 0) is 23.8 Å². The second kappa shape index (κ2) is 6.71. The van der Waals surface area contributed by atoms with Gasteiger partial charge in [0, 0.05) is 19.3 Å². The number of aliphatic hydroxyl groups is 1. The van der Waals surface area contributed by atoms with E-state index in [1.54, 1.807) is 24.3 Å². The van der Waals surface area contributed by atoms with Crippen molar-refractivity contribution >= 4 is 5.91 Å². The molecule has 0 unspecified atom stereocenters. The van der Waals surface area contributed by atoms with Gasteiger partial charge in [-0.15, -0.1) is 0 Å². The van der Waals surface area contributed by atoms with E-state index in [2.05, 4.69) is 10.3 Å². The predicted octanol–water partition coefficient (Wildman–Crippen LogP) is 1.73. The number of benzene rings is 1. The summed E-state index contributed by atoms with van der Waals surface area (Å²) < 4.78 is 10.9. The summed E-state index contributed by atoms with van der Waals surface area (Å²) in [5.41, 5.74) is 0.987. The molecular weight excluding hydrogens is 272 g/mol. The molecule has 1 aromatic heterocycles. The molecule has 2 rings (SSSR count). The minimum absolute atomic E-state index is 0.0767. The Balaban J connectivity index is 2.27. The molecule has 2 N–H and O–H groups in total. The molecule has 110 valence electrons. The number of hydrogen-bond donors (Lipinski definition) is 2. The number of pyridine rings is 1. The molecule has 2 aromatic rings. The van der Waals surface area contributed by atoms with Crippen molar-refractivity contribution in [3.63, 3.8) is 0 Å². The lowest BCUT2D eigenvalue weighted by atomic mass is 10.2.